The number of hydrogen-bond donors (Lipinski definition) is 1. The van der Waals surface area contributed by atoms with Crippen molar-refractivity contribution < 1.29 is 4.74 Å². The lowest BCUT2D eigenvalue weighted by Gasteiger charge is -2.10. The maximum absolute atomic E-state index is 5.89. The Morgan fingerprint density at radius 1 is 1.35 bits per heavy atom. The Morgan fingerprint density at radius 2 is 2.20 bits per heavy atom. The van der Waals surface area contributed by atoms with Crippen LogP contribution >= 0.6 is 27.3 Å². The van der Waals surface area contributed by atoms with Crippen LogP contribution in [-0.4, -0.2) is 11.5 Å². The molecule has 5 heteroatoms. The summed E-state index contributed by atoms with van der Waals surface area (Å²) in [6.07, 6.45) is 2.98. The van der Waals surface area contributed by atoms with Crippen molar-refractivity contribution in [2.45, 2.75) is 32.8 Å². The molecule has 0 aliphatic carbocycles. The molecule has 1 aromatic heterocycles. The van der Waals surface area contributed by atoms with Crippen LogP contribution in [0.5, 0.6) is 5.75 Å². The van der Waals surface area contributed by atoms with Crippen LogP contribution in [-0.2, 0) is 19.4 Å². The first kappa shape index (κ1) is 15.5. The van der Waals surface area contributed by atoms with Gasteiger partial charge in [0.15, 0.2) is 0 Å². The molecule has 0 radical (unpaired) electrons. The van der Waals surface area contributed by atoms with Crippen molar-refractivity contribution in [1.82, 2.24) is 4.98 Å². The van der Waals surface area contributed by atoms with Crippen LogP contribution < -0.4 is 10.5 Å². The Morgan fingerprint density at radius 3 is 2.95 bits per heavy atom. The summed E-state index contributed by atoms with van der Waals surface area (Å²) >= 11 is 5.18. The largest absolute Gasteiger partial charge is 0.487 e. The molecule has 1 heterocycles. The average Bonchev–Trinajstić information content (AvgIpc) is 2.86. The maximum Gasteiger partial charge on any atom is 0.131 e. The Balaban J connectivity index is 2.02. The summed E-state index contributed by atoms with van der Waals surface area (Å²) in [5, 5.41) is 3.26. The molecule has 0 bridgehead atoms. The summed E-state index contributed by atoms with van der Waals surface area (Å²) in [6.45, 7) is 3.29. The van der Waals surface area contributed by atoms with Crippen LogP contribution in [0.1, 0.15) is 29.6 Å². The summed E-state index contributed by atoms with van der Waals surface area (Å²) in [6, 6.07) is 6.03. The molecule has 2 rings (SSSR count). The van der Waals surface area contributed by atoms with Gasteiger partial charge in [0.25, 0.3) is 0 Å². The van der Waals surface area contributed by atoms with E-state index in [-0.39, 0.29) is 0 Å². The fourth-order valence-corrected chi connectivity index (χ4v) is 3.23. The van der Waals surface area contributed by atoms with Gasteiger partial charge in [-0.3, -0.25) is 0 Å². The fraction of sp³-hybridized carbons (Fsp3) is 0.400. The number of rotatable bonds is 7. The molecule has 0 spiro atoms. The van der Waals surface area contributed by atoms with E-state index >= 15 is 0 Å². The van der Waals surface area contributed by atoms with Gasteiger partial charge in [-0.2, -0.15) is 0 Å². The van der Waals surface area contributed by atoms with Gasteiger partial charge in [0.2, 0.25) is 0 Å². The van der Waals surface area contributed by atoms with E-state index in [0.29, 0.717) is 13.2 Å². The summed E-state index contributed by atoms with van der Waals surface area (Å²) in [7, 11) is 0. The quantitative estimate of drug-likeness (QED) is 0.818. The number of aromatic nitrogens is 1. The molecule has 108 valence electrons. The molecular formula is C15H19BrN2OS. The van der Waals surface area contributed by atoms with Crippen molar-refractivity contribution in [3.63, 3.8) is 0 Å². The van der Waals surface area contributed by atoms with Gasteiger partial charge in [-0.15, -0.1) is 11.3 Å². The number of halogens is 1. The molecule has 2 N–H and O–H groups in total. The van der Waals surface area contributed by atoms with E-state index in [4.69, 9.17) is 10.5 Å². The first-order valence-corrected chi connectivity index (χ1v) is 8.44. The van der Waals surface area contributed by atoms with E-state index in [1.807, 2.05) is 12.1 Å². The molecule has 2 aromatic rings. The van der Waals surface area contributed by atoms with E-state index < -0.39 is 0 Å². The van der Waals surface area contributed by atoms with Crippen LogP contribution in [0.4, 0.5) is 0 Å². The molecule has 0 saturated carbocycles. The summed E-state index contributed by atoms with van der Waals surface area (Å²) < 4.78 is 6.94. The third kappa shape index (κ3) is 4.30. The smallest absolute Gasteiger partial charge is 0.131 e. The summed E-state index contributed by atoms with van der Waals surface area (Å²) in [5.41, 5.74) is 7.77. The number of nitrogens with two attached hydrogens (primary N) is 1. The van der Waals surface area contributed by atoms with Crippen molar-refractivity contribution >= 4 is 27.3 Å². The third-order valence-electron chi connectivity index (χ3n) is 2.87. The number of nitrogens with zero attached hydrogens (tertiary/aromatic N) is 1. The van der Waals surface area contributed by atoms with Gasteiger partial charge in [0, 0.05) is 9.85 Å². The van der Waals surface area contributed by atoms with Crippen molar-refractivity contribution in [2.24, 2.45) is 5.73 Å². The van der Waals surface area contributed by atoms with Crippen LogP contribution in [0.3, 0.4) is 0 Å². The van der Waals surface area contributed by atoms with Crippen LogP contribution in [0, 0.1) is 0 Å². The first-order chi connectivity index (χ1) is 9.72. The lowest BCUT2D eigenvalue weighted by atomic mass is 10.1. The number of ether oxygens (including phenoxy) is 1. The molecule has 0 aliphatic heterocycles. The van der Waals surface area contributed by atoms with Crippen LogP contribution in [0.15, 0.2) is 28.1 Å². The lowest BCUT2D eigenvalue weighted by Crippen LogP contribution is -2.05. The molecule has 0 fully saturated rings. The van der Waals surface area contributed by atoms with Crippen molar-refractivity contribution in [3.8, 4) is 5.75 Å². The van der Waals surface area contributed by atoms with Crippen molar-refractivity contribution in [3.05, 3.63) is 44.3 Å². The number of aryl methyl sites for hydroxylation is 1. The molecule has 0 aliphatic rings. The summed E-state index contributed by atoms with van der Waals surface area (Å²) in [5.74, 6) is 0.892. The molecule has 1 aromatic carbocycles. The topological polar surface area (TPSA) is 48.1 Å². The van der Waals surface area contributed by atoms with Gasteiger partial charge in [-0.1, -0.05) is 22.9 Å². The highest BCUT2D eigenvalue weighted by atomic mass is 79.9. The minimum absolute atomic E-state index is 0.513. The highest BCUT2D eigenvalue weighted by molar-refractivity contribution is 9.10. The van der Waals surface area contributed by atoms with E-state index in [0.717, 1.165) is 40.7 Å². The Labute approximate surface area is 132 Å². The van der Waals surface area contributed by atoms with Crippen molar-refractivity contribution in [2.75, 3.05) is 6.54 Å². The molecule has 0 saturated heterocycles. The number of benzene rings is 1. The SMILES string of the molecule is CCCc1nc(COc2ccc(Br)cc2CCN)cs1. The maximum atomic E-state index is 5.89. The summed E-state index contributed by atoms with van der Waals surface area (Å²) in [4.78, 5) is 4.57. The predicted molar refractivity (Wildman–Crippen MR) is 87.3 cm³/mol. The van der Waals surface area contributed by atoms with E-state index in [1.54, 1.807) is 11.3 Å². The molecule has 20 heavy (non-hydrogen) atoms. The minimum Gasteiger partial charge on any atom is -0.487 e. The standard InChI is InChI=1S/C15H19BrN2OS/c1-2-3-15-18-13(10-20-15)9-19-14-5-4-12(16)8-11(14)6-7-17/h4-5,8,10H,2-3,6-7,9,17H2,1H3. The minimum atomic E-state index is 0.513. The Kier molecular flexibility index (Phi) is 6.01. The van der Waals surface area contributed by atoms with Gasteiger partial charge < -0.3 is 10.5 Å². The van der Waals surface area contributed by atoms with E-state index in [9.17, 15) is 0 Å². The van der Waals surface area contributed by atoms with Gasteiger partial charge in [0.05, 0.1) is 10.7 Å². The Hall–Kier alpha value is -0.910. The van der Waals surface area contributed by atoms with Crippen LogP contribution in [0.25, 0.3) is 0 Å². The monoisotopic (exact) mass is 354 g/mol. The van der Waals surface area contributed by atoms with Crippen LogP contribution in [0.2, 0.25) is 0 Å². The zero-order valence-electron chi connectivity index (χ0n) is 11.6. The second-order valence-electron chi connectivity index (χ2n) is 4.56. The molecular weight excluding hydrogens is 336 g/mol. The first-order valence-electron chi connectivity index (χ1n) is 6.77. The second-order valence-corrected chi connectivity index (χ2v) is 6.42. The van der Waals surface area contributed by atoms with Gasteiger partial charge >= 0.3 is 0 Å². The third-order valence-corrected chi connectivity index (χ3v) is 4.33. The van der Waals surface area contributed by atoms with Gasteiger partial charge in [-0.25, -0.2) is 4.98 Å². The molecule has 0 atom stereocenters. The predicted octanol–water partition coefficient (Wildman–Crippen LogP) is 3.94. The Bertz CT molecular complexity index is 557. The number of thiazole rings is 1. The average molecular weight is 355 g/mol. The van der Waals surface area contributed by atoms with Gasteiger partial charge in [-0.05, 0) is 49.6 Å². The van der Waals surface area contributed by atoms with Crippen molar-refractivity contribution in [1.29, 1.82) is 0 Å². The zero-order chi connectivity index (χ0) is 14.4. The number of hydrogen-bond acceptors (Lipinski definition) is 4. The molecule has 0 amide bonds. The fourth-order valence-electron chi connectivity index (χ4n) is 1.94. The van der Waals surface area contributed by atoms with Gasteiger partial charge in [0.1, 0.15) is 12.4 Å². The second kappa shape index (κ2) is 7.76. The highest BCUT2D eigenvalue weighted by Gasteiger charge is 2.06. The highest BCUT2D eigenvalue weighted by Crippen LogP contribution is 2.24. The van der Waals surface area contributed by atoms with E-state index in [2.05, 4.69) is 39.3 Å². The molecule has 3 nitrogen and oxygen atoms in total. The normalized spacial score (nSPS) is 10.8. The van der Waals surface area contributed by atoms with E-state index in [1.165, 1.54) is 5.01 Å². The zero-order valence-corrected chi connectivity index (χ0v) is 14.0. The molecule has 0 unspecified atom stereocenters. The lowest BCUT2D eigenvalue weighted by molar-refractivity contribution is 0.298.